The van der Waals surface area contributed by atoms with Crippen LogP contribution in [0.2, 0.25) is 0 Å². The second kappa shape index (κ2) is 45.5. The molecule has 0 aliphatic heterocycles. The molecule has 0 atom stereocenters. The molecule has 0 fully saturated rings. The van der Waals surface area contributed by atoms with Crippen LogP contribution >= 0.6 is 0 Å². The number of hydrazine groups is 1. The van der Waals surface area contributed by atoms with E-state index in [2.05, 4.69) is 183 Å². The van der Waals surface area contributed by atoms with E-state index in [4.69, 9.17) is 4.84 Å². The van der Waals surface area contributed by atoms with E-state index < -0.39 is 0 Å². The number of oxime groups is 1. The normalized spacial score (nSPS) is 9.95. The molecule has 0 amide bonds. The van der Waals surface area contributed by atoms with E-state index in [0.29, 0.717) is 36.9 Å². The van der Waals surface area contributed by atoms with E-state index in [9.17, 15) is 0 Å². The zero-order chi connectivity index (χ0) is 53.3. The highest BCUT2D eigenvalue weighted by molar-refractivity contribution is 5.80. The average Bonchev–Trinajstić information content (AvgIpc) is 3.09. The molecule has 10 nitrogen and oxygen atoms in total. The van der Waals surface area contributed by atoms with Gasteiger partial charge in [-0.25, -0.2) is 5.43 Å². The van der Waals surface area contributed by atoms with Crippen molar-refractivity contribution in [1.29, 1.82) is 0 Å². The lowest BCUT2D eigenvalue weighted by atomic mass is 10.1. The topological polar surface area (TPSA) is 119 Å². The van der Waals surface area contributed by atoms with Crippen LogP contribution in [-0.2, 0) is 4.84 Å². The van der Waals surface area contributed by atoms with E-state index >= 15 is 0 Å². The number of nitrogens with one attached hydrogen (secondary N) is 3. The fraction of sp³-hybridized carbons (Fsp3) is 0.745. The zero-order valence-corrected chi connectivity index (χ0v) is 49.0. The first-order chi connectivity index (χ1) is 29.2. The molecule has 65 heavy (non-hydrogen) atoms. The standard InChI is InChI=1S/C10H21N3.C10H20N2.C9H17N.C7H15N.C7H14.C6H13NO.C6H13N/c1-8(2)11-7-9(3)12-13-10(4,5)6;1-8(2)11-7-9(3)12-10(4,5)6;1-7(2)9(5)6-10-8(3)4;1-6(2)5-8-7(3)4;1-6(2)5-7(3)4;1-5(2)7-8-6(3)4;1-5(2)7-6(3)4/h12-13H,3,7H2,1-2,4-6H3;12H,3,7H2,1-2,4-6H3;7H,5-6H2,1-4H3;6H,5H2,1-4H3;5-6H,1-4H3;6H,1-4H3;5H,1-4H3. The minimum atomic E-state index is 0.0495. The van der Waals surface area contributed by atoms with Crippen molar-refractivity contribution >= 4 is 34.3 Å². The number of aliphatic imine (C=N–C) groups is 5. The van der Waals surface area contributed by atoms with Crippen molar-refractivity contribution in [2.24, 2.45) is 47.9 Å². The zero-order valence-electron chi connectivity index (χ0n) is 49.0. The smallest absolute Gasteiger partial charge is 0.122 e. The summed E-state index contributed by atoms with van der Waals surface area (Å²) in [5.74, 6) is 1.97. The van der Waals surface area contributed by atoms with Crippen LogP contribution in [0, 0.1) is 17.8 Å². The Bertz CT molecular complexity index is 1360. The van der Waals surface area contributed by atoms with Crippen molar-refractivity contribution in [3.8, 4) is 0 Å². The van der Waals surface area contributed by atoms with E-state index in [-0.39, 0.29) is 17.2 Å². The predicted molar refractivity (Wildman–Crippen MR) is 304 cm³/mol. The van der Waals surface area contributed by atoms with E-state index in [0.717, 1.165) is 53.0 Å². The molecule has 0 aliphatic carbocycles. The summed E-state index contributed by atoms with van der Waals surface area (Å²) in [5.41, 5.74) is 17.4. The molecule has 0 aromatic heterocycles. The van der Waals surface area contributed by atoms with Crippen LogP contribution < -0.4 is 16.2 Å². The summed E-state index contributed by atoms with van der Waals surface area (Å²) in [7, 11) is 0. The lowest BCUT2D eigenvalue weighted by molar-refractivity contribution is 0.0857. The van der Waals surface area contributed by atoms with Crippen LogP contribution in [0.3, 0.4) is 0 Å². The Hall–Kier alpha value is -3.66. The fourth-order valence-electron chi connectivity index (χ4n) is 3.59. The SMILES string of the molecule is C=C(CN=C(C)C)C(C)C.C=C(CN=C(C)C)NC(C)(C)C.C=C(CN=C(C)C)NNC(C)(C)C.CC(C)=CC(C)C.CC(C)=NC(C)C.CC(C)=NCC(C)C.CC(C)=NOC(C)C. The Kier molecular flexibility index (Phi) is 52.9. The second-order valence-electron chi connectivity index (χ2n) is 21.2. The van der Waals surface area contributed by atoms with Gasteiger partial charge in [-0.2, -0.15) is 0 Å². The highest BCUT2D eigenvalue weighted by atomic mass is 16.6. The summed E-state index contributed by atoms with van der Waals surface area (Å²) in [6.45, 7) is 76.5. The predicted octanol–water partition coefficient (Wildman–Crippen LogP) is 15.3. The molecule has 0 saturated carbocycles. The first-order valence-electron chi connectivity index (χ1n) is 23.7. The third-order valence-electron chi connectivity index (χ3n) is 6.16. The van der Waals surface area contributed by atoms with Gasteiger partial charge in [-0.15, -0.1) is 0 Å². The molecule has 0 aliphatic rings. The number of hydrogen-bond donors (Lipinski definition) is 3. The molecule has 0 unspecified atom stereocenters. The number of hydrogen-bond acceptors (Lipinski definition) is 10. The Balaban J connectivity index is -0.000000122. The van der Waals surface area contributed by atoms with Gasteiger partial charge in [0.25, 0.3) is 0 Å². The van der Waals surface area contributed by atoms with E-state index in [1.807, 2.05) is 96.9 Å². The Morgan fingerprint density at radius 1 is 0.523 bits per heavy atom. The molecule has 0 saturated heterocycles. The molecule has 0 radical (unpaired) electrons. The van der Waals surface area contributed by atoms with Gasteiger partial charge in [0.2, 0.25) is 0 Å². The summed E-state index contributed by atoms with van der Waals surface area (Å²) in [4.78, 5) is 26.1. The quantitative estimate of drug-likeness (QED) is 0.0811. The van der Waals surface area contributed by atoms with Gasteiger partial charge >= 0.3 is 0 Å². The maximum absolute atomic E-state index is 4.89. The van der Waals surface area contributed by atoms with Crippen LogP contribution in [0.15, 0.2) is 78.5 Å². The van der Waals surface area contributed by atoms with Crippen molar-refractivity contribution in [3.05, 3.63) is 48.4 Å². The van der Waals surface area contributed by atoms with Crippen molar-refractivity contribution in [3.63, 3.8) is 0 Å². The maximum Gasteiger partial charge on any atom is 0.122 e. The summed E-state index contributed by atoms with van der Waals surface area (Å²) in [5, 5.41) is 7.01. The molecule has 0 bridgehead atoms. The molecule has 0 aromatic rings. The summed E-state index contributed by atoms with van der Waals surface area (Å²) >= 11 is 0. The highest BCUT2D eigenvalue weighted by Crippen LogP contribution is 2.06. The molecule has 0 spiro atoms. The van der Waals surface area contributed by atoms with Gasteiger partial charge in [0, 0.05) is 63.6 Å². The van der Waals surface area contributed by atoms with Crippen molar-refractivity contribution in [2.75, 3.05) is 26.2 Å². The largest absolute Gasteiger partial charge is 0.393 e. The first kappa shape index (κ1) is 75.6. The molecule has 0 heterocycles. The molecular formula is C55H113N9O. The Morgan fingerprint density at radius 2 is 0.923 bits per heavy atom. The van der Waals surface area contributed by atoms with Crippen molar-refractivity contribution in [2.45, 2.75) is 231 Å². The van der Waals surface area contributed by atoms with Crippen LogP contribution in [0.4, 0.5) is 0 Å². The summed E-state index contributed by atoms with van der Waals surface area (Å²) < 4.78 is 0. The van der Waals surface area contributed by atoms with Crippen LogP contribution in [0.5, 0.6) is 0 Å². The van der Waals surface area contributed by atoms with E-state index in [1.54, 1.807) is 0 Å². The van der Waals surface area contributed by atoms with Gasteiger partial charge in [-0.3, -0.25) is 25.0 Å². The lowest BCUT2D eigenvalue weighted by Crippen LogP contribution is -2.45. The van der Waals surface area contributed by atoms with Gasteiger partial charge in [-0.05, 0) is 184 Å². The minimum Gasteiger partial charge on any atom is -0.393 e. The van der Waals surface area contributed by atoms with Gasteiger partial charge in [0.1, 0.15) is 6.10 Å². The second-order valence-corrected chi connectivity index (χ2v) is 21.2. The van der Waals surface area contributed by atoms with Gasteiger partial charge < -0.3 is 15.6 Å². The fourth-order valence-corrected chi connectivity index (χ4v) is 3.59. The monoisotopic (exact) mass is 916 g/mol. The molecule has 384 valence electrons. The molecule has 3 N–H and O–H groups in total. The summed E-state index contributed by atoms with van der Waals surface area (Å²) in [6.07, 6.45) is 2.45. The van der Waals surface area contributed by atoms with E-state index in [1.165, 1.54) is 16.9 Å². The third kappa shape index (κ3) is 104. The van der Waals surface area contributed by atoms with Crippen LogP contribution in [0.1, 0.15) is 208 Å². The maximum atomic E-state index is 4.89. The molecule has 0 aromatic carbocycles. The van der Waals surface area contributed by atoms with Crippen molar-refractivity contribution in [1.82, 2.24) is 16.2 Å². The lowest BCUT2D eigenvalue weighted by Gasteiger charge is -2.22. The van der Waals surface area contributed by atoms with Gasteiger partial charge in [-0.1, -0.05) is 83.7 Å². The minimum absolute atomic E-state index is 0.0495. The Morgan fingerprint density at radius 3 is 1.12 bits per heavy atom. The van der Waals surface area contributed by atoms with Gasteiger partial charge in [0.05, 0.1) is 25.3 Å². The highest BCUT2D eigenvalue weighted by Gasteiger charge is 2.09. The first-order valence-corrected chi connectivity index (χ1v) is 23.7. The average molecular weight is 917 g/mol. The molecule has 10 heteroatoms. The van der Waals surface area contributed by atoms with Gasteiger partial charge in [0.15, 0.2) is 0 Å². The molecule has 0 rings (SSSR count). The van der Waals surface area contributed by atoms with Crippen molar-refractivity contribution < 1.29 is 4.84 Å². The van der Waals surface area contributed by atoms with Crippen LogP contribution in [-0.4, -0.2) is 83.7 Å². The summed E-state index contributed by atoms with van der Waals surface area (Å²) in [6, 6.07) is 0.463. The Labute approximate surface area is 407 Å². The number of rotatable bonds is 16. The number of allylic oxidation sites excluding steroid dienone is 2. The van der Waals surface area contributed by atoms with Crippen LogP contribution in [0.25, 0.3) is 0 Å². The number of nitrogens with zero attached hydrogens (tertiary/aromatic N) is 6. The molecular weight excluding hydrogens is 803 g/mol. The third-order valence-corrected chi connectivity index (χ3v) is 6.16.